The smallest absolute Gasteiger partial charge is 0.130 e. The Balaban J connectivity index is 2.37. The molecular weight excluding hydrogens is 333 g/mol. The van der Waals surface area contributed by atoms with E-state index in [0.29, 0.717) is 4.47 Å². The molecule has 0 amide bonds. The van der Waals surface area contributed by atoms with Gasteiger partial charge in [-0.25, -0.2) is 4.39 Å². The van der Waals surface area contributed by atoms with Crippen molar-refractivity contribution in [2.75, 3.05) is 6.54 Å². The molecule has 2 rings (SSSR count). The van der Waals surface area contributed by atoms with Gasteiger partial charge in [-0.05, 0) is 42.7 Å². The Morgan fingerprint density at radius 3 is 2.43 bits per heavy atom. The lowest BCUT2D eigenvalue weighted by Crippen LogP contribution is -2.21. The average Bonchev–Trinajstić information content (AvgIpc) is 2.43. The molecule has 0 bridgehead atoms. The molecule has 2 unspecified atom stereocenters. The van der Waals surface area contributed by atoms with Gasteiger partial charge in [-0.1, -0.05) is 40.2 Å². The summed E-state index contributed by atoms with van der Waals surface area (Å²) in [7, 11) is 0. The van der Waals surface area contributed by atoms with Gasteiger partial charge in [0, 0.05) is 22.5 Å². The van der Waals surface area contributed by atoms with E-state index in [9.17, 15) is 9.50 Å². The first-order valence-corrected chi connectivity index (χ1v) is 7.63. The first-order chi connectivity index (χ1) is 9.93. The second kappa shape index (κ2) is 6.69. The van der Waals surface area contributed by atoms with Crippen molar-refractivity contribution in [3.8, 4) is 0 Å². The molecule has 2 atom stereocenters. The summed E-state index contributed by atoms with van der Waals surface area (Å²) in [5.41, 5.74) is 9.33. The van der Waals surface area contributed by atoms with Crippen LogP contribution in [0, 0.1) is 19.7 Å². The monoisotopic (exact) mass is 351 g/mol. The number of aryl methyl sites for hydroxylation is 2. The van der Waals surface area contributed by atoms with Crippen molar-refractivity contribution in [2.24, 2.45) is 5.73 Å². The molecule has 0 saturated carbocycles. The van der Waals surface area contributed by atoms with Gasteiger partial charge in [-0.15, -0.1) is 0 Å². The van der Waals surface area contributed by atoms with Gasteiger partial charge in [0.1, 0.15) is 5.82 Å². The molecule has 0 aliphatic rings. The van der Waals surface area contributed by atoms with Crippen LogP contribution in [0.4, 0.5) is 4.39 Å². The third-order valence-electron chi connectivity index (χ3n) is 3.88. The summed E-state index contributed by atoms with van der Waals surface area (Å²) in [5.74, 6) is -0.765. The summed E-state index contributed by atoms with van der Waals surface area (Å²) >= 11 is 3.22. The first-order valence-electron chi connectivity index (χ1n) is 6.84. The lowest BCUT2D eigenvalue weighted by atomic mass is 9.87. The van der Waals surface area contributed by atoms with Gasteiger partial charge in [0.25, 0.3) is 0 Å². The summed E-state index contributed by atoms with van der Waals surface area (Å²) < 4.78 is 14.7. The molecule has 0 radical (unpaired) electrons. The maximum absolute atomic E-state index is 14.0. The Morgan fingerprint density at radius 1 is 1.14 bits per heavy atom. The largest absolute Gasteiger partial charge is 0.388 e. The highest BCUT2D eigenvalue weighted by atomic mass is 79.9. The number of benzene rings is 2. The van der Waals surface area contributed by atoms with Gasteiger partial charge in [0.2, 0.25) is 0 Å². The Kier molecular flexibility index (Phi) is 5.14. The molecule has 2 aromatic carbocycles. The van der Waals surface area contributed by atoms with Gasteiger partial charge < -0.3 is 10.8 Å². The number of aliphatic hydroxyl groups excluding tert-OH is 1. The first kappa shape index (κ1) is 16.1. The van der Waals surface area contributed by atoms with E-state index >= 15 is 0 Å². The van der Waals surface area contributed by atoms with Crippen LogP contribution >= 0.6 is 15.9 Å². The molecule has 4 heteroatoms. The van der Waals surface area contributed by atoms with Crippen molar-refractivity contribution in [1.29, 1.82) is 0 Å². The second-order valence-electron chi connectivity index (χ2n) is 5.30. The van der Waals surface area contributed by atoms with Crippen LogP contribution in [-0.4, -0.2) is 11.7 Å². The van der Waals surface area contributed by atoms with Gasteiger partial charge in [0.15, 0.2) is 0 Å². The van der Waals surface area contributed by atoms with E-state index in [1.807, 2.05) is 32.0 Å². The zero-order valence-corrected chi connectivity index (χ0v) is 13.7. The maximum Gasteiger partial charge on any atom is 0.130 e. The summed E-state index contributed by atoms with van der Waals surface area (Å²) in [5, 5.41) is 10.5. The minimum atomic E-state index is -0.967. The number of aliphatic hydroxyl groups is 1. The van der Waals surface area contributed by atoms with Gasteiger partial charge in [0.05, 0.1) is 6.10 Å². The molecule has 0 saturated heterocycles. The Bertz CT molecular complexity index is 645. The van der Waals surface area contributed by atoms with Crippen LogP contribution in [0.15, 0.2) is 40.9 Å². The van der Waals surface area contributed by atoms with Crippen LogP contribution in [0.1, 0.15) is 34.3 Å². The van der Waals surface area contributed by atoms with Crippen molar-refractivity contribution >= 4 is 15.9 Å². The highest BCUT2D eigenvalue weighted by Crippen LogP contribution is 2.33. The molecule has 21 heavy (non-hydrogen) atoms. The average molecular weight is 352 g/mol. The van der Waals surface area contributed by atoms with Crippen molar-refractivity contribution in [3.05, 3.63) is 68.9 Å². The van der Waals surface area contributed by atoms with E-state index in [1.54, 1.807) is 12.1 Å². The third kappa shape index (κ3) is 3.51. The zero-order valence-electron chi connectivity index (χ0n) is 12.1. The fourth-order valence-electron chi connectivity index (χ4n) is 2.40. The fourth-order valence-corrected chi connectivity index (χ4v) is 2.73. The molecule has 0 heterocycles. The number of hydrogen-bond acceptors (Lipinski definition) is 2. The lowest BCUT2D eigenvalue weighted by molar-refractivity contribution is 0.143. The molecule has 3 N–H and O–H groups in total. The van der Waals surface area contributed by atoms with Crippen molar-refractivity contribution < 1.29 is 9.50 Å². The topological polar surface area (TPSA) is 46.2 Å². The van der Waals surface area contributed by atoms with Crippen molar-refractivity contribution in [3.63, 3.8) is 0 Å². The normalized spacial score (nSPS) is 14.0. The van der Waals surface area contributed by atoms with Crippen molar-refractivity contribution in [1.82, 2.24) is 0 Å². The van der Waals surface area contributed by atoms with Crippen LogP contribution < -0.4 is 5.73 Å². The molecular formula is C17H19BrFNO. The van der Waals surface area contributed by atoms with E-state index in [1.165, 1.54) is 11.6 Å². The van der Waals surface area contributed by atoms with Crippen LogP contribution in [-0.2, 0) is 0 Å². The molecule has 0 aromatic heterocycles. The lowest BCUT2D eigenvalue weighted by Gasteiger charge is -2.23. The summed E-state index contributed by atoms with van der Waals surface area (Å²) in [6.45, 7) is 4.29. The molecule has 0 aliphatic carbocycles. The Hall–Kier alpha value is -1.23. The van der Waals surface area contributed by atoms with Crippen LogP contribution in [0.5, 0.6) is 0 Å². The van der Waals surface area contributed by atoms with E-state index in [-0.39, 0.29) is 18.0 Å². The zero-order chi connectivity index (χ0) is 15.6. The van der Waals surface area contributed by atoms with E-state index in [2.05, 4.69) is 15.9 Å². The third-order valence-corrected chi connectivity index (χ3v) is 4.37. The van der Waals surface area contributed by atoms with Crippen LogP contribution in [0.25, 0.3) is 0 Å². The molecule has 0 aliphatic heterocycles. The summed E-state index contributed by atoms with van der Waals surface area (Å²) in [4.78, 5) is 0. The van der Waals surface area contributed by atoms with Gasteiger partial charge in [-0.3, -0.25) is 0 Å². The van der Waals surface area contributed by atoms with Gasteiger partial charge in [-0.2, -0.15) is 0 Å². The van der Waals surface area contributed by atoms with Crippen LogP contribution in [0.2, 0.25) is 0 Å². The fraction of sp³-hybridized carbons (Fsp3) is 0.294. The molecule has 0 spiro atoms. The summed E-state index contributed by atoms with van der Waals surface area (Å²) in [6.07, 6.45) is -0.967. The SMILES string of the molecule is Cc1ccc(C(CN)C(O)c2ccc(Br)cc2F)cc1C. The number of nitrogens with two attached hydrogens (primary N) is 1. The van der Waals surface area contributed by atoms with Crippen LogP contribution in [0.3, 0.4) is 0 Å². The minimum Gasteiger partial charge on any atom is -0.388 e. The predicted octanol–water partition coefficient (Wildman–Crippen LogP) is 3.98. The maximum atomic E-state index is 14.0. The van der Waals surface area contributed by atoms with E-state index in [0.717, 1.165) is 11.1 Å². The van der Waals surface area contributed by atoms with Crippen molar-refractivity contribution in [2.45, 2.75) is 25.9 Å². The van der Waals surface area contributed by atoms with E-state index < -0.39 is 11.9 Å². The molecule has 2 aromatic rings. The predicted molar refractivity (Wildman–Crippen MR) is 86.8 cm³/mol. The quantitative estimate of drug-likeness (QED) is 0.874. The summed E-state index contributed by atoms with van der Waals surface area (Å²) in [6, 6.07) is 10.6. The number of rotatable bonds is 4. The second-order valence-corrected chi connectivity index (χ2v) is 6.21. The minimum absolute atomic E-state index is 0.249. The van der Waals surface area contributed by atoms with E-state index in [4.69, 9.17) is 5.73 Å². The standard InChI is InChI=1S/C17H19BrFNO/c1-10-3-4-12(7-11(10)2)15(9-20)17(21)14-6-5-13(18)8-16(14)19/h3-8,15,17,21H,9,20H2,1-2H3. The Labute approximate surface area is 132 Å². The molecule has 2 nitrogen and oxygen atoms in total. The highest BCUT2D eigenvalue weighted by Gasteiger charge is 2.24. The number of halogens is 2. The molecule has 112 valence electrons. The molecule has 0 fully saturated rings. The highest BCUT2D eigenvalue weighted by molar-refractivity contribution is 9.10. The Morgan fingerprint density at radius 2 is 1.86 bits per heavy atom. The number of hydrogen-bond donors (Lipinski definition) is 2. The van der Waals surface area contributed by atoms with Gasteiger partial charge >= 0.3 is 0 Å².